The molecule has 6 fully saturated rings. The number of carboxylic acids is 1. The SMILES string of the molecule is C=C(C)[C@@H]1CC[C@]2(CNC3(CN4CCCCC4)CC3)CC[C@]3(C)[C@H](CC[C@@H]4[C@@]5(C)CC=C(c6ccc(C(=O)O)cc6)C(C)(C)[C@@H]5CC[C@]43C)[C@@H]12. The van der Waals surface area contributed by atoms with Gasteiger partial charge in [0.1, 0.15) is 0 Å². The highest BCUT2D eigenvalue weighted by Gasteiger charge is 2.70. The third-order valence-electron chi connectivity index (χ3n) is 17.9. The van der Waals surface area contributed by atoms with Crippen molar-refractivity contribution < 1.29 is 9.90 Å². The molecule has 0 amide bonds. The average Bonchev–Trinajstić information content (AvgIpc) is 3.73. The van der Waals surface area contributed by atoms with Crippen molar-refractivity contribution in [1.29, 1.82) is 0 Å². The van der Waals surface area contributed by atoms with E-state index in [0.717, 1.165) is 24.2 Å². The molecule has 0 aromatic heterocycles. The summed E-state index contributed by atoms with van der Waals surface area (Å²) < 4.78 is 0. The van der Waals surface area contributed by atoms with Crippen molar-refractivity contribution in [3.8, 4) is 0 Å². The van der Waals surface area contributed by atoms with Crippen LogP contribution >= 0.6 is 0 Å². The van der Waals surface area contributed by atoms with E-state index in [-0.39, 0.29) is 10.8 Å². The molecule has 4 nitrogen and oxygen atoms in total. The fourth-order valence-corrected chi connectivity index (χ4v) is 14.9. The third kappa shape index (κ3) is 5.21. The first-order valence-corrected chi connectivity index (χ1v) is 20.9. The molecule has 9 atom stereocenters. The summed E-state index contributed by atoms with van der Waals surface area (Å²) in [6.45, 7) is 25.4. The Morgan fingerprint density at radius 3 is 2.24 bits per heavy atom. The van der Waals surface area contributed by atoms with Gasteiger partial charge in [-0.05, 0) is 183 Å². The summed E-state index contributed by atoms with van der Waals surface area (Å²) in [5.74, 6) is 2.75. The number of hydrogen-bond donors (Lipinski definition) is 2. The van der Waals surface area contributed by atoms with Crippen LogP contribution in [-0.4, -0.2) is 47.7 Å². The molecule has 6 aliphatic carbocycles. The first-order valence-electron chi connectivity index (χ1n) is 20.9. The number of likely N-dealkylation sites (tertiary alicyclic amines) is 1. The maximum Gasteiger partial charge on any atom is 0.335 e. The van der Waals surface area contributed by atoms with Crippen molar-refractivity contribution in [2.45, 2.75) is 137 Å². The Bertz CT molecular complexity index is 1530. The Morgan fingerprint density at radius 1 is 0.860 bits per heavy atom. The predicted molar refractivity (Wildman–Crippen MR) is 206 cm³/mol. The van der Waals surface area contributed by atoms with Crippen molar-refractivity contribution >= 4 is 11.5 Å². The van der Waals surface area contributed by atoms with Crippen molar-refractivity contribution in [3.63, 3.8) is 0 Å². The summed E-state index contributed by atoms with van der Waals surface area (Å²) in [5, 5.41) is 13.9. The molecule has 1 saturated heterocycles. The van der Waals surface area contributed by atoms with E-state index >= 15 is 0 Å². The molecule has 1 heterocycles. The van der Waals surface area contributed by atoms with Crippen LogP contribution in [0.3, 0.4) is 0 Å². The molecule has 7 aliphatic rings. The molecule has 2 N–H and O–H groups in total. The summed E-state index contributed by atoms with van der Waals surface area (Å²) in [7, 11) is 0. The molecule has 4 heteroatoms. The van der Waals surface area contributed by atoms with Crippen LogP contribution in [0.15, 0.2) is 42.5 Å². The fraction of sp³-hybridized carbons (Fsp3) is 0.761. The number of benzene rings is 1. The van der Waals surface area contributed by atoms with Crippen LogP contribution in [0.5, 0.6) is 0 Å². The molecule has 1 aliphatic heterocycles. The lowest BCUT2D eigenvalue weighted by atomic mass is 9.32. The average molecular weight is 681 g/mol. The van der Waals surface area contributed by atoms with Gasteiger partial charge in [-0.3, -0.25) is 0 Å². The van der Waals surface area contributed by atoms with Gasteiger partial charge in [-0.2, -0.15) is 0 Å². The second-order valence-corrected chi connectivity index (χ2v) is 20.4. The zero-order chi connectivity index (χ0) is 35.3. The molecule has 0 radical (unpaired) electrons. The quantitative estimate of drug-likeness (QED) is 0.268. The Hall–Kier alpha value is -1.91. The number of fused-ring (bicyclic) bond motifs is 7. The van der Waals surface area contributed by atoms with Gasteiger partial charge in [-0.15, -0.1) is 0 Å². The minimum Gasteiger partial charge on any atom is -0.478 e. The van der Waals surface area contributed by atoms with Crippen LogP contribution in [0.4, 0.5) is 0 Å². The van der Waals surface area contributed by atoms with Crippen LogP contribution in [0, 0.1) is 56.7 Å². The standard InChI is InChI=1S/C46H68N2O2/c1-31(2)34-17-22-45(29-47-46(25-26-46)30-48-27-9-8-10-28-48)24-23-43(6)36(39(34)45)15-16-38-42(5)20-18-35(32-11-13-33(14-12-32)40(49)50)41(3,4)37(42)19-21-44(38,43)7/h11-14,18,34,36-39,47H,1,8-10,15-17,19-30H2,2-7H3,(H,49,50)/t34-,36+,37-,38+,39+,42-,43+,44+,45+/m0/s1. The predicted octanol–water partition coefficient (Wildman–Crippen LogP) is 10.6. The van der Waals surface area contributed by atoms with E-state index in [2.05, 4.69) is 76.5 Å². The van der Waals surface area contributed by atoms with Crippen molar-refractivity contribution in [3.05, 3.63) is 53.6 Å². The number of piperidine rings is 1. The second-order valence-electron chi connectivity index (χ2n) is 20.4. The van der Waals surface area contributed by atoms with Gasteiger partial charge < -0.3 is 15.3 Å². The van der Waals surface area contributed by atoms with Crippen LogP contribution < -0.4 is 5.32 Å². The molecule has 5 saturated carbocycles. The van der Waals surface area contributed by atoms with E-state index in [1.807, 2.05) is 0 Å². The summed E-state index contributed by atoms with van der Waals surface area (Å²) in [5.41, 5.74) is 6.32. The van der Waals surface area contributed by atoms with Crippen molar-refractivity contribution in [1.82, 2.24) is 10.2 Å². The Balaban J connectivity index is 1.06. The van der Waals surface area contributed by atoms with Crippen LogP contribution in [0.25, 0.3) is 5.57 Å². The first kappa shape index (κ1) is 35.1. The van der Waals surface area contributed by atoms with E-state index in [9.17, 15) is 9.90 Å². The molecule has 8 rings (SSSR count). The molecule has 1 aromatic rings. The fourth-order valence-electron chi connectivity index (χ4n) is 14.9. The third-order valence-corrected chi connectivity index (χ3v) is 17.9. The van der Waals surface area contributed by atoms with E-state index in [1.165, 1.54) is 126 Å². The van der Waals surface area contributed by atoms with E-state index in [1.54, 1.807) is 12.1 Å². The van der Waals surface area contributed by atoms with Crippen LogP contribution in [0.1, 0.15) is 147 Å². The topological polar surface area (TPSA) is 52.6 Å². The minimum absolute atomic E-state index is 0.0493. The van der Waals surface area contributed by atoms with Gasteiger partial charge in [-0.25, -0.2) is 4.79 Å². The lowest BCUT2D eigenvalue weighted by Crippen LogP contribution is -2.66. The monoisotopic (exact) mass is 681 g/mol. The van der Waals surface area contributed by atoms with Crippen molar-refractivity contribution in [2.75, 3.05) is 26.2 Å². The van der Waals surface area contributed by atoms with Gasteiger partial charge in [-0.1, -0.05) is 71.4 Å². The van der Waals surface area contributed by atoms with E-state index in [0.29, 0.717) is 39.2 Å². The molecular formula is C46H68N2O2. The number of carboxylic acid groups (broad SMARTS) is 1. The number of nitrogens with zero attached hydrogens (tertiary/aromatic N) is 1. The normalized spacial score (nSPS) is 43.1. The Labute approximate surface area is 304 Å². The number of allylic oxidation sites excluding steroid dienone is 3. The summed E-state index contributed by atoms with van der Waals surface area (Å²) in [4.78, 5) is 14.4. The van der Waals surface area contributed by atoms with Gasteiger partial charge >= 0.3 is 5.97 Å². The van der Waals surface area contributed by atoms with E-state index in [4.69, 9.17) is 0 Å². The van der Waals surface area contributed by atoms with Crippen LogP contribution in [-0.2, 0) is 0 Å². The number of rotatable bonds is 8. The van der Waals surface area contributed by atoms with Gasteiger partial charge in [0.25, 0.3) is 0 Å². The maximum atomic E-state index is 11.6. The summed E-state index contributed by atoms with van der Waals surface area (Å²) >= 11 is 0. The molecule has 1 aromatic carbocycles. The highest BCUT2D eigenvalue weighted by atomic mass is 16.4. The second kappa shape index (κ2) is 12.1. The van der Waals surface area contributed by atoms with Gasteiger partial charge in [0.2, 0.25) is 0 Å². The number of aromatic carboxylic acids is 1. The number of nitrogens with one attached hydrogen (secondary N) is 1. The highest BCUT2D eigenvalue weighted by Crippen LogP contribution is 2.77. The summed E-state index contributed by atoms with van der Waals surface area (Å²) in [6, 6.07) is 7.70. The van der Waals surface area contributed by atoms with Gasteiger partial charge in [0, 0.05) is 18.6 Å². The molecule has 0 bridgehead atoms. The Kier molecular flexibility index (Phi) is 8.47. The molecule has 274 valence electrons. The Morgan fingerprint density at radius 2 is 1.58 bits per heavy atom. The molecule has 50 heavy (non-hydrogen) atoms. The number of hydrogen-bond acceptors (Lipinski definition) is 3. The van der Waals surface area contributed by atoms with E-state index < -0.39 is 5.97 Å². The van der Waals surface area contributed by atoms with Crippen LogP contribution in [0.2, 0.25) is 0 Å². The highest BCUT2D eigenvalue weighted by molar-refractivity contribution is 5.88. The lowest BCUT2D eigenvalue weighted by molar-refractivity contribution is -0.225. The smallest absolute Gasteiger partial charge is 0.335 e. The zero-order valence-corrected chi connectivity index (χ0v) is 32.5. The molecule has 0 spiro atoms. The summed E-state index contributed by atoms with van der Waals surface area (Å²) in [6.07, 6.45) is 21.6. The lowest BCUT2D eigenvalue weighted by Gasteiger charge is -2.72. The number of carbonyl (C=O) groups is 1. The minimum atomic E-state index is -0.847. The maximum absolute atomic E-state index is 11.6. The molecule has 0 unspecified atom stereocenters. The van der Waals surface area contributed by atoms with Gasteiger partial charge in [0.15, 0.2) is 0 Å². The zero-order valence-electron chi connectivity index (χ0n) is 32.5. The largest absolute Gasteiger partial charge is 0.478 e. The molecular weight excluding hydrogens is 613 g/mol. The van der Waals surface area contributed by atoms with Crippen molar-refractivity contribution in [2.24, 2.45) is 56.7 Å². The first-order chi connectivity index (χ1) is 23.7. The van der Waals surface area contributed by atoms with Gasteiger partial charge in [0.05, 0.1) is 5.56 Å².